The van der Waals surface area contributed by atoms with E-state index >= 15 is 0 Å². The molecule has 0 N–H and O–H groups in total. The molecule has 0 amide bonds. The third kappa shape index (κ3) is 2.39. The lowest BCUT2D eigenvalue weighted by Crippen LogP contribution is -2.19. The smallest absolute Gasteiger partial charge is 0.276 e. The Bertz CT molecular complexity index is 1180. The fraction of sp³-hybridized carbons (Fsp3) is 0.167. The van der Waals surface area contributed by atoms with Crippen molar-refractivity contribution < 1.29 is 4.39 Å². The molecule has 5 nitrogen and oxygen atoms in total. The van der Waals surface area contributed by atoms with Crippen LogP contribution in [-0.4, -0.2) is 28.6 Å². The van der Waals surface area contributed by atoms with Crippen LogP contribution in [0.4, 0.5) is 10.1 Å². The van der Waals surface area contributed by atoms with E-state index in [1.165, 1.54) is 28.3 Å². The number of rotatable bonds is 2. The van der Waals surface area contributed by atoms with Crippen LogP contribution in [0.2, 0.25) is 0 Å². The fourth-order valence-electron chi connectivity index (χ4n) is 2.89. The van der Waals surface area contributed by atoms with Gasteiger partial charge in [-0.25, -0.2) is 14.4 Å². The van der Waals surface area contributed by atoms with Crippen molar-refractivity contribution in [3.63, 3.8) is 0 Å². The minimum atomic E-state index is -0.448. The number of hydrogen-bond acceptors (Lipinski definition) is 5. The molecule has 0 spiro atoms. The van der Waals surface area contributed by atoms with Gasteiger partial charge >= 0.3 is 0 Å². The maximum absolute atomic E-state index is 14.3. The number of thiophene rings is 1. The molecule has 1 aromatic carbocycles. The van der Waals surface area contributed by atoms with Gasteiger partial charge in [0.05, 0.1) is 22.3 Å². The predicted molar refractivity (Wildman–Crippen MR) is 99.5 cm³/mol. The van der Waals surface area contributed by atoms with Crippen molar-refractivity contribution in [2.24, 2.45) is 0 Å². The molecule has 3 heterocycles. The second-order valence-corrected chi connectivity index (χ2v) is 7.06. The quantitative estimate of drug-likeness (QED) is 0.553. The second-order valence-electron chi connectivity index (χ2n) is 6.06. The van der Waals surface area contributed by atoms with Gasteiger partial charge in [-0.3, -0.25) is 9.36 Å². The number of hydrogen-bond donors (Lipinski definition) is 0. The zero-order valence-electron chi connectivity index (χ0n) is 13.9. The van der Waals surface area contributed by atoms with Gasteiger partial charge in [0.15, 0.2) is 0 Å². The molecule has 0 saturated carbocycles. The molecular formula is C18H15FN4OS. The first-order valence-corrected chi connectivity index (χ1v) is 8.51. The van der Waals surface area contributed by atoms with Crippen LogP contribution in [0, 0.1) is 12.7 Å². The van der Waals surface area contributed by atoms with Crippen LogP contribution in [0.3, 0.4) is 0 Å². The number of pyridine rings is 1. The maximum Gasteiger partial charge on any atom is 0.276 e. The van der Waals surface area contributed by atoms with E-state index in [9.17, 15) is 9.18 Å². The molecule has 0 saturated heterocycles. The molecule has 7 heteroatoms. The average molecular weight is 354 g/mol. The molecule has 0 aliphatic rings. The highest BCUT2D eigenvalue weighted by molar-refractivity contribution is 7.25. The number of anilines is 1. The highest BCUT2D eigenvalue weighted by Crippen LogP contribution is 2.35. The number of aromatic nitrogens is 3. The Labute approximate surface area is 147 Å². The predicted octanol–water partition coefficient (Wildman–Crippen LogP) is 3.51. The Morgan fingerprint density at radius 1 is 1.20 bits per heavy atom. The summed E-state index contributed by atoms with van der Waals surface area (Å²) in [5.41, 5.74) is 2.25. The molecule has 0 bridgehead atoms. The zero-order chi connectivity index (χ0) is 17.7. The molecule has 0 unspecified atom stereocenters. The summed E-state index contributed by atoms with van der Waals surface area (Å²) in [6.45, 7) is 1.80. The molecule has 126 valence electrons. The number of benzene rings is 1. The van der Waals surface area contributed by atoms with Gasteiger partial charge in [-0.2, -0.15) is 0 Å². The largest absolute Gasteiger partial charge is 0.377 e. The maximum atomic E-state index is 14.3. The molecule has 0 aliphatic heterocycles. The molecule has 0 aliphatic carbocycles. The van der Waals surface area contributed by atoms with Crippen LogP contribution in [-0.2, 0) is 0 Å². The van der Waals surface area contributed by atoms with E-state index in [1.54, 1.807) is 25.3 Å². The Morgan fingerprint density at radius 3 is 2.72 bits per heavy atom. The summed E-state index contributed by atoms with van der Waals surface area (Å²) < 4.78 is 16.0. The van der Waals surface area contributed by atoms with Gasteiger partial charge in [-0.1, -0.05) is 6.07 Å². The summed E-state index contributed by atoms with van der Waals surface area (Å²) >= 11 is 1.28. The van der Waals surface area contributed by atoms with Crippen molar-refractivity contribution in [2.75, 3.05) is 19.0 Å². The highest BCUT2D eigenvalue weighted by Gasteiger charge is 2.17. The monoisotopic (exact) mass is 354 g/mol. The van der Waals surface area contributed by atoms with Crippen molar-refractivity contribution >= 4 is 37.5 Å². The summed E-state index contributed by atoms with van der Waals surface area (Å²) in [6.07, 6.45) is 3.10. The van der Waals surface area contributed by atoms with Gasteiger partial charge in [0.2, 0.25) is 0 Å². The van der Waals surface area contributed by atoms with Crippen LogP contribution in [0.1, 0.15) is 5.56 Å². The van der Waals surface area contributed by atoms with Gasteiger partial charge in [-0.05, 0) is 30.7 Å². The van der Waals surface area contributed by atoms with Gasteiger partial charge in [0.25, 0.3) is 5.56 Å². The first-order valence-electron chi connectivity index (χ1n) is 7.70. The first-order chi connectivity index (χ1) is 12.0. The van der Waals surface area contributed by atoms with Crippen LogP contribution >= 0.6 is 11.3 Å². The van der Waals surface area contributed by atoms with Crippen LogP contribution in [0.25, 0.3) is 26.1 Å². The molecule has 25 heavy (non-hydrogen) atoms. The van der Waals surface area contributed by atoms with Crippen molar-refractivity contribution in [3.8, 4) is 5.69 Å². The number of fused-ring (bicyclic) bond motifs is 3. The van der Waals surface area contributed by atoms with E-state index in [0.717, 1.165) is 21.5 Å². The van der Waals surface area contributed by atoms with E-state index in [0.29, 0.717) is 10.2 Å². The van der Waals surface area contributed by atoms with Gasteiger partial charge in [0, 0.05) is 20.3 Å². The van der Waals surface area contributed by atoms with E-state index < -0.39 is 5.82 Å². The molecule has 3 aromatic heterocycles. The standard InChI is InChI=1S/C18H15FN4OS/c1-10-4-5-12(11(19)8-10)23-9-21-15-14-13(22(2)3)6-7-20-17(14)25-16(15)18(23)24/h4-9H,1-3H3. The molecule has 0 atom stereocenters. The van der Waals surface area contributed by atoms with Crippen molar-refractivity contribution in [2.45, 2.75) is 6.92 Å². The minimum Gasteiger partial charge on any atom is -0.377 e. The lowest BCUT2D eigenvalue weighted by atomic mass is 10.2. The topological polar surface area (TPSA) is 51.0 Å². The van der Waals surface area contributed by atoms with Crippen LogP contribution in [0.15, 0.2) is 41.6 Å². The summed E-state index contributed by atoms with van der Waals surface area (Å²) in [7, 11) is 3.86. The minimum absolute atomic E-state index is 0.197. The van der Waals surface area contributed by atoms with E-state index in [1.807, 2.05) is 25.1 Å². The lowest BCUT2D eigenvalue weighted by molar-refractivity contribution is 0.614. The average Bonchev–Trinajstić information content (AvgIpc) is 2.95. The zero-order valence-corrected chi connectivity index (χ0v) is 14.8. The van der Waals surface area contributed by atoms with E-state index in [-0.39, 0.29) is 11.2 Å². The normalized spacial score (nSPS) is 11.4. The van der Waals surface area contributed by atoms with Crippen molar-refractivity contribution in [1.29, 1.82) is 0 Å². The SMILES string of the molecule is Cc1ccc(-n2cnc3c(sc4nccc(N(C)C)c43)c2=O)c(F)c1. The van der Waals surface area contributed by atoms with Gasteiger partial charge in [-0.15, -0.1) is 11.3 Å². The summed E-state index contributed by atoms with van der Waals surface area (Å²) in [6, 6.07) is 6.66. The third-order valence-electron chi connectivity index (χ3n) is 4.10. The molecule has 4 aromatic rings. The highest BCUT2D eigenvalue weighted by atomic mass is 32.1. The van der Waals surface area contributed by atoms with Crippen LogP contribution < -0.4 is 10.5 Å². The summed E-state index contributed by atoms with van der Waals surface area (Å²) in [5, 5.41) is 0.848. The van der Waals surface area contributed by atoms with Gasteiger partial charge in [0.1, 0.15) is 21.7 Å². The fourth-order valence-corrected chi connectivity index (χ4v) is 3.94. The third-order valence-corrected chi connectivity index (χ3v) is 5.18. The summed E-state index contributed by atoms with van der Waals surface area (Å²) in [5.74, 6) is -0.448. The molecule has 0 fully saturated rings. The van der Waals surface area contributed by atoms with E-state index in [2.05, 4.69) is 9.97 Å². The van der Waals surface area contributed by atoms with Gasteiger partial charge < -0.3 is 4.90 Å². The van der Waals surface area contributed by atoms with Crippen LogP contribution in [0.5, 0.6) is 0 Å². The summed E-state index contributed by atoms with van der Waals surface area (Å²) in [4.78, 5) is 24.5. The number of aryl methyl sites for hydroxylation is 1. The van der Waals surface area contributed by atoms with E-state index in [4.69, 9.17) is 0 Å². The first kappa shape index (κ1) is 15.7. The number of halogens is 1. The Kier molecular flexibility index (Phi) is 3.54. The Balaban J connectivity index is 2.06. The van der Waals surface area contributed by atoms with Crippen molar-refractivity contribution in [3.05, 3.63) is 58.5 Å². The lowest BCUT2D eigenvalue weighted by Gasteiger charge is -2.13. The Morgan fingerprint density at radius 2 is 2.00 bits per heavy atom. The number of nitrogens with zero attached hydrogens (tertiary/aromatic N) is 4. The molecule has 0 radical (unpaired) electrons. The Hall–Kier alpha value is -2.80. The van der Waals surface area contributed by atoms with Crippen molar-refractivity contribution in [1.82, 2.24) is 14.5 Å². The molecular weight excluding hydrogens is 339 g/mol. The second kappa shape index (κ2) is 5.63. The molecule has 4 rings (SSSR count).